The van der Waals surface area contributed by atoms with Crippen molar-refractivity contribution >= 4 is 0 Å². The van der Waals surface area contributed by atoms with Gasteiger partial charge in [0.1, 0.15) is 11.4 Å². The van der Waals surface area contributed by atoms with Crippen LogP contribution in [0.3, 0.4) is 0 Å². The highest BCUT2D eigenvalue weighted by atomic mass is 16.5. The van der Waals surface area contributed by atoms with Gasteiger partial charge in [-0.25, -0.2) is 0 Å². The van der Waals surface area contributed by atoms with Crippen LogP contribution in [0.5, 0.6) is 0 Å². The van der Waals surface area contributed by atoms with Gasteiger partial charge in [0.05, 0.1) is 12.4 Å². The minimum absolute atomic E-state index is 0.384. The Hall–Kier alpha value is -1.98. The molecule has 0 radical (unpaired) electrons. The van der Waals surface area contributed by atoms with Crippen LogP contribution in [0.15, 0.2) is 24.5 Å². The van der Waals surface area contributed by atoms with E-state index in [9.17, 15) is 0 Å². The zero-order valence-electron chi connectivity index (χ0n) is 5.99. The molecule has 0 aliphatic rings. The van der Waals surface area contributed by atoms with Crippen molar-refractivity contribution in [1.82, 2.24) is 19.9 Å². The van der Waals surface area contributed by atoms with E-state index in [1.165, 1.54) is 12.4 Å². The largest absolute Gasteiger partial charge is 0.411 e. The highest BCUT2D eigenvalue weighted by molar-refractivity contribution is 5.52. The fourth-order valence-corrected chi connectivity index (χ4v) is 0.968. The lowest BCUT2D eigenvalue weighted by molar-refractivity contribution is 0.138. The monoisotopic (exact) mass is 166 g/mol. The molecule has 2 N–H and O–H groups in total. The Labute approximate surface area is 67.2 Å². The van der Waals surface area contributed by atoms with Gasteiger partial charge in [-0.2, -0.15) is 0 Å². The first kappa shape index (κ1) is 6.71. The Morgan fingerprint density at radius 2 is 1.33 bits per heavy atom. The highest BCUT2D eigenvalue weighted by Crippen LogP contribution is 2.15. The summed E-state index contributed by atoms with van der Waals surface area (Å²) in [5.41, 5.74) is 0.769. The maximum atomic E-state index is 9.10. The van der Waals surface area contributed by atoms with E-state index < -0.39 is 0 Å². The third kappa shape index (κ3) is 0.815. The summed E-state index contributed by atoms with van der Waals surface area (Å²) in [7, 11) is 0. The molecule has 0 fully saturated rings. The molecule has 0 saturated carbocycles. The molecule has 2 heterocycles. The molecule has 0 amide bonds. The molecule has 0 saturated heterocycles. The smallest absolute Gasteiger partial charge is 0.131 e. The van der Waals surface area contributed by atoms with Crippen LogP contribution in [0.25, 0.3) is 11.4 Å². The standard InChI is InChI=1S/C6H6N4O2/c11-9-5(1-3-7-9)6-2-4-8-10(6)12/h1-4,11-12H. The first-order valence-corrected chi connectivity index (χ1v) is 3.26. The Morgan fingerprint density at radius 1 is 0.917 bits per heavy atom. The third-order valence-electron chi connectivity index (χ3n) is 1.51. The Kier molecular flexibility index (Phi) is 1.26. The second kappa shape index (κ2) is 2.26. The molecule has 0 aromatic carbocycles. The van der Waals surface area contributed by atoms with Crippen molar-refractivity contribution in [1.29, 1.82) is 0 Å². The molecule has 2 aromatic heterocycles. The van der Waals surface area contributed by atoms with E-state index in [0.717, 1.165) is 0 Å². The summed E-state index contributed by atoms with van der Waals surface area (Å²) in [6.07, 6.45) is 2.84. The molecular formula is C6H6N4O2. The van der Waals surface area contributed by atoms with Crippen molar-refractivity contribution in [3.8, 4) is 11.4 Å². The van der Waals surface area contributed by atoms with Gasteiger partial charge in [-0.15, -0.1) is 10.2 Å². The summed E-state index contributed by atoms with van der Waals surface area (Å²) in [6, 6.07) is 3.12. The van der Waals surface area contributed by atoms with Crippen molar-refractivity contribution in [2.24, 2.45) is 0 Å². The van der Waals surface area contributed by atoms with Crippen LogP contribution in [0, 0.1) is 0 Å². The van der Waals surface area contributed by atoms with E-state index >= 15 is 0 Å². The van der Waals surface area contributed by atoms with Gasteiger partial charge in [-0.1, -0.05) is 9.69 Å². The van der Waals surface area contributed by atoms with E-state index in [1.807, 2.05) is 0 Å². The zero-order valence-corrected chi connectivity index (χ0v) is 5.99. The summed E-state index contributed by atoms with van der Waals surface area (Å²) in [5, 5.41) is 25.3. The summed E-state index contributed by atoms with van der Waals surface area (Å²) in [5.74, 6) is 0. The summed E-state index contributed by atoms with van der Waals surface area (Å²) < 4.78 is 0. The zero-order chi connectivity index (χ0) is 8.55. The number of nitrogens with zero attached hydrogens (tertiary/aromatic N) is 4. The minimum Gasteiger partial charge on any atom is -0.411 e. The van der Waals surface area contributed by atoms with Crippen molar-refractivity contribution < 1.29 is 10.4 Å². The van der Waals surface area contributed by atoms with Gasteiger partial charge in [0, 0.05) is 0 Å². The van der Waals surface area contributed by atoms with Gasteiger partial charge in [-0.3, -0.25) is 0 Å². The SMILES string of the molecule is On1nccc1-c1ccnn1O. The Morgan fingerprint density at radius 3 is 1.58 bits per heavy atom. The lowest BCUT2D eigenvalue weighted by Gasteiger charge is -1.97. The van der Waals surface area contributed by atoms with Crippen LogP contribution in [-0.4, -0.2) is 30.3 Å². The molecule has 0 atom stereocenters. The van der Waals surface area contributed by atoms with E-state index in [-0.39, 0.29) is 0 Å². The Balaban J connectivity index is 2.57. The number of hydrogen-bond donors (Lipinski definition) is 2. The van der Waals surface area contributed by atoms with Crippen molar-refractivity contribution in [3.63, 3.8) is 0 Å². The highest BCUT2D eigenvalue weighted by Gasteiger charge is 2.08. The fourth-order valence-electron chi connectivity index (χ4n) is 0.968. The number of hydrogen-bond acceptors (Lipinski definition) is 4. The average Bonchev–Trinajstić information content (AvgIpc) is 2.59. The molecule has 62 valence electrons. The number of rotatable bonds is 1. The van der Waals surface area contributed by atoms with Gasteiger partial charge in [-0.05, 0) is 12.1 Å². The van der Waals surface area contributed by atoms with Crippen LogP contribution in [-0.2, 0) is 0 Å². The van der Waals surface area contributed by atoms with Gasteiger partial charge in [0.2, 0.25) is 0 Å². The summed E-state index contributed by atoms with van der Waals surface area (Å²) >= 11 is 0. The predicted octanol–water partition coefficient (Wildman–Crippen LogP) is 0.221. The molecular weight excluding hydrogens is 160 g/mol. The van der Waals surface area contributed by atoms with E-state index in [2.05, 4.69) is 10.2 Å². The van der Waals surface area contributed by atoms with Gasteiger partial charge in [0.15, 0.2) is 0 Å². The molecule has 0 unspecified atom stereocenters. The van der Waals surface area contributed by atoms with Gasteiger partial charge < -0.3 is 10.4 Å². The summed E-state index contributed by atoms with van der Waals surface area (Å²) in [6.45, 7) is 0. The van der Waals surface area contributed by atoms with E-state index in [4.69, 9.17) is 10.4 Å². The molecule has 2 aromatic rings. The van der Waals surface area contributed by atoms with Gasteiger partial charge >= 0.3 is 0 Å². The Bertz CT molecular complexity index is 353. The molecule has 6 nitrogen and oxygen atoms in total. The van der Waals surface area contributed by atoms with Crippen LogP contribution < -0.4 is 0 Å². The second-order valence-corrected chi connectivity index (χ2v) is 2.21. The van der Waals surface area contributed by atoms with E-state index in [0.29, 0.717) is 21.1 Å². The quantitative estimate of drug-likeness (QED) is 0.594. The maximum Gasteiger partial charge on any atom is 0.131 e. The number of aromatic nitrogens is 4. The van der Waals surface area contributed by atoms with Crippen LogP contribution >= 0.6 is 0 Å². The minimum atomic E-state index is 0.384. The second-order valence-electron chi connectivity index (χ2n) is 2.21. The molecule has 6 heteroatoms. The maximum absolute atomic E-state index is 9.10. The predicted molar refractivity (Wildman–Crippen MR) is 37.8 cm³/mol. The average molecular weight is 166 g/mol. The molecule has 2 rings (SSSR count). The molecule has 0 bridgehead atoms. The molecule has 12 heavy (non-hydrogen) atoms. The van der Waals surface area contributed by atoms with Crippen molar-refractivity contribution in [2.75, 3.05) is 0 Å². The lowest BCUT2D eigenvalue weighted by atomic mass is 10.3. The first-order valence-electron chi connectivity index (χ1n) is 3.26. The summed E-state index contributed by atoms with van der Waals surface area (Å²) in [4.78, 5) is 1.34. The topological polar surface area (TPSA) is 76.1 Å². The first-order chi connectivity index (χ1) is 5.79. The fraction of sp³-hybridized carbons (Fsp3) is 0. The molecule has 0 spiro atoms. The molecule has 0 aliphatic carbocycles. The van der Waals surface area contributed by atoms with E-state index in [1.54, 1.807) is 12.1 Å². The van der Waals surface area contributed by atoms with Crippen LogP contribution in [0.1, 0.15) is 0 Å². The van der Waals surface area contributed by atoms with Crippen LogP contribution in [0.2, 0.25) is 0 Å². The normalized spacial score (nSPS) is 10.3. The van der Waals surface area contributed by atoms with Crippen LogP contribution in [0.4, 0.5) is 0 Å². The van der Waals surface area contributed by atoms with Crippen molar-refractivity contribution in [2.45, 2.75) is 0 Å². The molecule has 0 aliphatic heterocycles. The van der Waals surface area contributed by atoms with Gasteiger partial charge in [0.25, 0.3) is 0 Å². The lowest BCUT2D eigenvalue weighted by Crippen LogP contribution is -2.00. The van der Waals surface area contributed by atoms with Crippen molar-refractivity contribution in [3.05, 3.63) is 24.5 Å². The third-order valence-corrected chi connectivity index (χ3v) is 1.51.